The molecule has 2 N–H and O–H groups in total. The van der Waals surface area contributed by atoms with E-state index in [0.717, 1.165) is 17.7 Å². The molecule has 1 aliphatic rings. The maximum atomic E-state index is 12.1. The Labute approximate surface area is 126 Å². The summed E-state index contributed by atoms with van der Waals surface area (Å²) in [7, 11) is 0. The molecule has 0 spiro atoms. The van der Waals surface area contributed by atoms with Crippen molar-refractivity contribution in [1.29, 1.82) is 0 Å². The fourth-order valence-electron chi connectivity index (χ4n) is 2.44. The normalized spacial score (nSPS) is 18.9. The number of amides is 2. The van der Waals surface area contributed by atoms with Crippen molar-refractivity contribution in [3.05, 3.63) is 29.8 Å². The van der Waals surface area contributed by atoms with E-state index < -0.39 is 0 Å². The third kappa shape index (κ3) is 4.06. The van der Waals surface area contributed by atoms with E-state index in [1.165, 1.54) is 0 Å². The van der Waals surface area contributed by atoms with Gasteiger partial charge in [-0.1, -0.05) is 32.0 Å². The third-order valence-corrected chi connectivity index (χ3v) is 4.22. The molecular formula is C17H24N2O2. The number of benzene rings is 1. The van der Waals surface area contributed by atoms with Gasteiger partial charge in [0.1, 0.15) is 0 Å². The molecule has 1 aliphatic heterocycles. The summed E-state index contributed by atoms with van der Waals surface area (Å²) in [5.41, 5.74) is 2.05. The monoisotopic (exact) mass is 288 g/mol. The smallest absolute Gasteiger partial charge is 0.227 e. The highest BCUT2D eigenvalue weighted by Gasteiger charge is 2.26. The van der Waals surface area contributed by atoms with Crippen LogP contribution in [0.2, 0.25) is 0 Å². The Bertz CT molecular complexity index is 525. The van der Waals surface area contributed by atoms with Gasteiger partial charge < -0.3 is 10.6 Å². The summed E-state index contributed by atoms with van der Waals surface area (Å²) in [5, 5.41) is 5.90. The van der Waals surface area contributed by atoms with Crippen LogP contribution in [0.15, 0.2) is 24.3 Å². The Balaban J connectivity index is 1.87. The predicted octanol–water partition coefficient (Wildman–Crippen LogP) is 2.74. The van der Waals surface area contributed by atoms with Crippen LogP contribution in [-0.2, 0) is 16.0 Å². The summed E-state index contributed by atoms with van der Waals surface area (Å²) in [6, 6.07) is 8.01. The van der Waals surface area contributed by atoms with Crippen LogP contribution in [0, 0.1) is 11.8 Å². The second-order valence-electron chi connectivity index (χ2n) is 6.19. The Kier molecular flexibility index (Phi) is 4.99. The summed E-state index contributed by atoms with van der Waals surface area (Å²) in [5.74, 6) is 0.361. The van der Waals surface area contributed by atoms with Gasteiger partial charge in [0.2, 0.25) is 11.8 Å². The van der Waals surface area contributed by atoms with E-state index in [9.17, 15) is 9.59 Å². The highest BCUT2D eigenvalue weighted by molar-refractivity contribution is 5.96. The van der Waals surface area contributed by atoms with Crippen molar-refractivity contribution in [2.45, 2.75) is 46.1 Å². The average molecular weight is 288 g/mol. The molecule has 0 saturated carbocycles. The number of hydrogen-bond acceptors (Lipinski definition) is 2. The summed E-state index contributed by atoms with van der Waals surface area (Å²) >= 11 is 0. The number of rotatable bonds is 5. The Morgan fingerprint density at radius 2 is 2.05 bits per heavy atom. The van der Waals surface area contributed by atoms with Crippen molar-refractivity contribution in [1.82, 2.24) is 5.32 Å². The number of carbonyl (C=O) groups excluding carboxylic acids is 2. The number of carbonyl (C=O) groups is 2. The van der Waals surface area contributed by atoms with E-state index in [-0.39, 0.29) is 23.8 Å². The Morgan fingerprint density at radius 1 is 1.33 bits per heavy atom. The molecule has 0 unspecified atom stereocenters. The van der Waals surface area contributed by atoms with Gasteiger partial charge in [-0.05, 0) is 37.3 Å². The van der Waals surface area contributed by atoms with Gasteiger partial charge in [0.15, 0.2) is 0 Å². The Hall–Kier alpha value is -1.84. The molecule has 114 valence electrons. The van der Waals surface area contributed by atoms with Crippen LogP contribution in [0.4, 0.5) is 5.69 Å². The first-order valence-corrected chi connectivity index (χ1v) is 7.65. The molecule has 0 bridgehead atoms. The van der Waals surface area contributed by atoms with Crippen molar-refractivity contribution >= 4 is 17.5 Å². The Morgan fingerprint density at radius 3 is 2.76 bits per heavy atom. The number of fused-ring (bicyclic) bond motifs is 1. The molecule has 2 amide bonds. The third-order valence-electron chi connectivity index (χ3n) is 4.22. The fraction of sp³-hybridized carbons (Fsp3) is 0.529. The molecule has 0 fully saturated rings. The summed E-state index contributed by atoms with van der Waals surface area (Å²) in [6.45, 7) is 6.17. The van der Waals surface area contributed by atoms with Crippen LogP contribution in [0.1, 0.15) is 39.2 Å². The van der Waals surface area contributed by atoms with E-state index >= 15 is 0 Å². The molecule has 1 aromatic rings. The standard InChI is InChI=1S/C17H24N2O2/c1-11(2)12(3)18-16(20)9-8-14-10-13-6-4-5-7-15(13)19-17(14)21/h4-7,11-12,14H,8-10H2,1-3H3,(H,18,20)(H,19,21)/t12-,14+/m0/s1. The molecule has 21 heavy (non-hydrogen) atoms. The van der Waals surface area contributed by atoms with Crippen LogP contribution in [0.3, 0.4) is 0 Å². The van der Waals surface area contributed by atoms with Gasteiger partial charge in [-0.25, -0.2) is 0 Å². The molecule has 0 aromatic heterocycles. The molecule has 2 rings (SSSR count). The lowest BCUT2D eigenvalue weighted by atomic mass is 9.89. The molecule has 0 saturated heterocycles. The lowest BCUT2D eigenvalue weighted by Crippen LogP contribution is -2.37. The van der Waals surface area contributed by atoms with Crippen LogP contribution in [0.5, 0.6) is 0 Å². The van der Waals surface area contributed by atoms with Gasteiger partial charge in [0.25, 0.3) is 0 Å². The van der Waals surface area contributed by atoms with Gasteiger partial charge >= 0.3 is 0 Å². The zero-order chi connectivity index (χ0) is 15.4. The molecule has 0 aliphatic carbocycles. The summed E-state index contributed by atoms with van der Waals surface area (Å²) in [6.07, 6.45) is 1.71. The fourth-order valence-corrected chi connectivity index (χ4v) is 2.44. The zero-order valence-electron chi connectivity index (χ0n) is 13.0. The van der Waals surface area contributed by atoms with Crippen LogP contribution in [0.25, 0.3) is 0 Å². The maximum Gasteiger partial charge on any atom is 0.227 e. The second-order valence-corrected chi connectivity index (χ2v) is 6.19. The molecule has 1 aromatic carbocycles. The first-order chi connectivity index (χ1) is 9.97. The average Bonchev–Trinajstić information content (AvgIpc) is 2.44. The van der Waals surface area contributed by atoms with Crippen LogP contribution in [-0.4, -0.2) is 17.9 Å². The number of anilines is 1. The van der Waals surface area contributed by atoms with Gasteiger partial charge in [-0.15, -0.1) is 0 Å². The van der Waals surface area contributed by atoms with E-state index in [1.807, 2.05) is 31.2 Å². The van der Waals surface area contributed by atoms with Gasteiger partial charge in [-0.2, -0.15) is 0 Å². The second kappa shape index (κ2) is 6.74. The van der Waals surface area contributed by atoms with Crippen molar-refractivity contribution in [3.63, 3.8) is 0 Å². The molecule has 4 nitrogen and oxygen atoms in total. The predicted molar refractivity (Wildman–Crippen MR) is 83.9 cm³/mol. The molecule has 4 heteroatoms. The van der Waals surface area contributed by atoms with Gasteiger partial charge in [0, 0.05) is 24.1 Å². The summed E-state index contributed by atoms with van der Waals surface area (Å²) < 4.78 is 0. The maximum absolute atomic E-state index is 12.1. The van der Waals surface area contributed by atoms with E-state index in [0.29, 0.717) is 18.8 Å². The van der Waals surface area contributed by atoms with E-state index in [1.54, 1.807) is 0 Å². The first-order valence-electron chi connectivity index (χ1n) is 7.65. The van der Waals surface area contributed by atoms with Gasteiger partial charge in [0.05, 0.1) is 0 Å². The lowest BCUT2D eigenvalue weighted by molar-refractivity contribution is -0.123. The highest BCUT2D eigenvalue weighted by Crippen LogP contribution is 2.27. The lowest BCUT2D eigenvalue weighted by Gasteiger charge is -2.24. The molecule has 2 atom stereocenters. The minimum Gasteiger partial charge on any atom is -0.353 e. The molecule has 0 radical (unpaired) electrons. The minimum absolute atomic E-state index is 0.0263. The van der Waals surface area contributed by atoms with Crippen molar-refractivity contribution in [3.8, 4) is 0 Å². The van der Waals surface area contributed by atoms with Crippen LogP contribution >= 0.6 is 0 Å². The zero-order valence-corrected chi connectivity index (χ0v) is 13.0. The summed E-state index contributed by atoms with van der Waals surface area (Å²) in [4.78, 5) is 24.0. The van der Waals surface area contributed by atoms with Crippen molar-refractivity contribution < 1.29 is 9.59 Å². The largest absolute Gasteiger partial charge is 0.353 e. The molecular weight excluding hydrogens is 264 g/mol. The van der Waals surface area contributed by atoms with Gasteiger partial charge in [-0.3, -0.25) is 9.59 Å². The quantitative estimate of drug-likeness (QED) is 0.875. The number of nitrogens with one attached hydrogen (secondary N) is 2. The van der Waals surface area contributed by atoms with Crippen LogP contribution < -0.4 is 10.6 Å². The SMILES string of the molecule is CC(C)[C@H](C)NC(=O)CC[C@@H]1Cc2ccccc2NC1=O. The van der Waals surface area contributed by atoms with Crippen molar-refractivity contribution in [2.75, 3.05) is 5.32 Å². The van der Waals surface area contributed by atoms with E-state index in [4.69, 9.17) is 0 Å². The topological polar surface area (TPSA) is 58.2 Å². The minimum atomic E-state index is -0.111. The highest BCUT2D eigenvalue weighted by atomic mass is 16.2. The number of hydrogen-bond donors (Lipinski definition) is 2. The number of para-hydroxylation sites is 1. The molecule has 1 heterocycles. The first kappa shape index (κ1) is 15.5. The van der Waals surface area contributed by atoms with E-state index in [2.05, 4.69) is 24.5 Å². The van der Waals surface area contributed by atoms with Crippen molar-refractivity contribution in [2.24, 2.45) is 11.8 Å².